The molecule has 0 fully saturated rings. The molecule has 2 rings (SSSR count). The molecular formula is C13H12ClN5O. The van der Waals surface area contributed by atoms with Crippen LogP contribution in [0, 0.1) is 11.3 Å². The van der Waals surface area contributed by atoms with E-state index in [0.717, 1.165) is 5.56 Å². The number of nitrogens with one attached hydrogen (secondary N) is 1. The number of nitriles is 1. The van der Waals surface area contributed by atoms with E-state index in [2.05, 4.69) is 26.3 Å². The summed E-state index contributed by atoms with van der Waals surface area (Å²) in [6.07, 6.45) is 0. The molecule has 0 saturated heterocycles. The summed E-state index contributed by atoms with van der Waals surface area (Å²) >= 11 is 5.79. The number of rotatable bonds is 5. The van der Waals surface area contributed by atoms with E-state index in [-0.39, 0.29) is 11.3 Å². The minimum absolute atomic E-state index is 0.0664. The van der Waals surface area contributed by atoms with Crippen molar-refractivity contribution in [1.29, 1.82) is 5.26 Å². The molecule has 1 heterocycles. The van der Waals surface area contributed by atoms with Gasteiger partial charge in [0.15, 0.2) is 0 Å². The van der Waals surface area contributed by atoms with E-state index in [1.807, 2.05) is 19.1 Å². The van der Waals surface area contributed by atoms with E-state index in [4.69, 9.17) is 21.6 Å². The Kier molecular flexibility index (Phi) is 4.69. The zero-order valence-corrected chi connectivity index (χ0v) is 11.6. The van der Waals surface area contributed by atoms with Gasteiger partial charge in [-0.1, -0.05) is 12.1 Å². The molecule has 7 heteroatoms. The molecule has 0 radical (unpaired) electrons. The maximum Gasteiger partial charge on any atom is 0.322 e. The second-order valence-corrected chi connectivity index (χ2v) is 4.15. The zero-order chi connectivity index (χ0) is 14.4. The lowest BCUT2D eigenvalue weighted by Crippen LogP contribution is -2.07. The van der Waals surface area contributed by atoms with Gasteiger partial charge in [0.05, 0.1) is 18.2 Å². The van der Waals surface area contributed by atoms with Gasteiger partial charge in [-0.05, 0) is 36.2 Å². The fourth-order valence-corrected chi connectivity index (χ4v) is 1.69. The van der Waals surface area contributed by atoms with E-state index in [9.17, 15) is 0 Å². The van der Waals surface area contributed by atoms with Crippen molar-refractivity contribution in [1.82, 2.24) is 15.0 Å². The summed E-state index contributed by atoms with van der Waals surface area (Å²) in [6, 6.07) is 9.53. The molecule has 0 aliphatic carbocycles. The van der Waals surface area contributed by atoms with Crippen molar-refractivity contribution in [2.75, 3.05) is 11.9 Å². The second kappa shape index (κ2) is 6.68. The number of hydrogen-bond acceptors (Lipinski definition) is 6. The van der Waals surface area contributed by atoms with E-state index >= 15 is 0 Å². The van der Waals surface area contributed by atoms with Crippen molar-refractivity contribution in [3.8, 4) is 12.1 Å². The van der Waals surface area contributed by atoms with Gasteiger partial charge in [0.25, 0.3) is 0 Å². The Morgan fingerprint density at radius 2 is 2.20 bits per heavy atom. The molecular weight excluding hydrogens is 278 g/mol. The lowest BCUT2D eigenvalue weighted by Gasteiger charge is -2.07. The molecule has 0 saturated carbocycles. The number of ether oxygens (including phenoxy) is 1. The lowest BCUT2D eigenvalue weighted by molar-refractivity contribution is 0.312. The van der Waals surface area contributed by atoms with E-state index in [1.54, 1.807) is 12.1 Å². The SMILES string of the molecule is CCOc1nc(Cl)nc(NCc2cccc(C#N)c2)n1. The predicted molar refractivity (Wildman–Crippen MR) is 74.5 cm³/mol. The molecule has 1 N–H and O–H groups in total. The summed E-state index contributed by atoms with van der Waals surface area (Å²) in [5.41, 5.74) is 1.55. The number of anilines is 1. The highest BCUT2D eigenvalue weighted by atomic mass is 35.5. The highest BCUT2D eigenvalue weighted by molar-refractivity contribution is 6.28. The van der Waals surface area contributed by atoms with Crippen LogP contribution in [0.5, 0.6) is 6.01 Å². The highest BCUT2D eigenvalue weighted by Crippen LogP contribution is 2.12. The van der Waals surface area contributed by atoms with Gasteiger partial charge < -0.3 is 10.1 Å². The average Bonchev–Trinajstić information content (AvgIpc) is 2.45. The monoisotopic (exact) mass is 289 g/mol. The molecule has 1 aromatic carbocycles. The minimum Gasteiger partial charge on any atom is -0.464 e. The van der Waals surface area contributed by atoms with Crippen molar-refractivity contribution < 1.29 is 4.74 Å². The number of benzene rings is 1. The van der Waals surface area contributed by atoms with E-state index < -0.39 is 0 Å². The van der Waals surface area contributed by atoms with Crippen LogP contribution >= 0.6 is 11.6 Å². The third-order valence-corrected chi connectivity index (χ3v) is 2.54. The largest absolute Gasteiger partial charge is 0.464 e. The van der Waals surface area contributed by atoms with Crippen LogP contribution in [-0.4, -0.2) is 21.6 Å². The van der Waals surface area contributed by atoms with Gasteiger partial charge in [-0.15, -0.1) is 0 Å². The van der Waals surface area contributed by atoms with Crippen molar-refractivity contribution in [2.24, 2.45) is 0 Å². The molecule has 0 aliphatic heterocycles. The zero-order valence-electron chi connectivity index (χ0n) is 10.8. The summed E-state index contributed by atoms with van der Waals surface area (Å²) < 4.78 is 5.19. The van der Waals surface area contributed by atoms with Crippen molar-refractivity contribution in [3.05, 3.63) is 40.7 Å². The van der Waals surface area contributed by atoms with E-state index in [1.165, 1.54) is 0 Å². The Morgan fingerprint density at radius 1 is 1.35 bits per heavy atom. The van der Waals surface area contributed by atoms with Crippen molar-refractivity contribution in [3.63, 3.8) is 0 Å². The summed E-state index contributed by atoms with van der Waals surface area (Å²) in [7, 11) is 0. The standard InChI is InChI=1S/C13H12ClN5O/c1-2-20-13-18-11(14)17-12(19-13)16-8-10-5-3-4-9(6-10)7-15/h3-6H,2,8H2,1H3,(H,16,17,18,19). The van der Waals surface area contributed by atoms with Gasteiger partial charge >= 0.3 is 6.01 Å². The maximum absolute atomic E-state index is 8.84. The predicted octanol–water partition coefficient (Wildman–Crippen LogP) is 2.41. The first-order chi connectivity index (χ1) is 9.71. The second-order valence-electron chi connectivity index (χ2n) is 3.81. The van der Waals surface area contributed by atoms with Crippen LogP contribution in [0.2, 0.25) is 5.28 Å². The molecule has 0 spiro atoms. The molecule has 6 nitrogen and oxygen atoms in total. The van der Waals surface area contributed by atoms with Crippen LogP contribution in [0.4, 0.5) is 5.95 Å². The average molecular weight is 290 g/mol. The Hall–Kier alpha value is -2.39. The first-order valence-electron chi connectivity index (χ1n) is 5.98. The van der Waals surface area contributed by atoms with Gasteiger partial charge in [-0.2, -0.15) is 20.2 Å². The maximum atomic E-state index is 8.84. The third-order valence-electron chi connectivity index (χ3n) is 2.37. The van der Waals surface area contributed by atoms with Crippen LogP contribution < -0.4 is 10.1 Å². The molecule has 20 heavy (non-hydrogen) atoms. The molecule has 0 bridgehead atoms. The third kappa shape index (κ3) is 3.80. The molecule has 0 atom stereocenters. The van der Waals surface area contributed by atoms with Crippen LogP contribution in [0.25, 0.3) is 0 Å². The van der Waals surface area contributed by atoms with E-state index in [0.29, 0.717) is 24.7 Å². The van der Waals surface area contributed by atoms with Crippen LogP contribution in [0.3, 0.4) is 0 Å². The Balaban J connectivity index is 2.08. The Labute approximate surface area is 121 Å². The van der Waals surface area contributed by atoms with Crippen molar-refractivity contribution >= 4 is 17.5 Å². The summed E-state index contributed by atoms with van der Waals surface area (Å²) in [5.74, 6) is 0.329. The number of nitrogens with zero attached hydrogens (tertiary/aromatic N) is 4. The summed E-state index contributed by atoms with van der Waals surface area (Å²) in [5, 5.41) is 11.9. The van der Waals surface area contributed by atoms with Crippen LogP contribution in [-0.2, 0) is 6.54 Å². The number of hydrogen-bond donors (Lipinski definition) is 1. The first-order valence-corrected chi connectivity index (χ1v) is 6.36. The first kappa shape index (κ1) is 14.0. The van der Waals surface area contributed by atoms with Gasteiger partial charge in [0, 0.05) is 6.54 Å². The quantitative estimate of drug-likeness (QED) is 0.910. The topological polar surface area (TPSA) is 83.7 Å². The minimum atomic E-state index is 0.0664. The Bertz CT molecular complexity index is 641. The molecule has 0 aliphatic rings. The normalized spacial score (nSPS) is 9.85. The smallest absolute Gasteiger partial charge is 0.322 e. The summed E-state index contributed by atoms with van der Waals surface area (Å²) in [4.78, 5) is 11.9. The molecule has 1 aromatic heterocycles. The van der Waals surface area contributed by atoms with Crippen LogP contribution in [0.1, 0.15) is 18.1 Å². The fraction of sp³-hybridized carbons (Fsp3) is 0.231. The van der Waals surface area contributed by atoms with Crippen LogP contribution in [0.15, 0.2) is 24.3 Å². The number of halogens is 1. The van der Waals surface area contributed by atoms with Crippen molar-refractivity contribution in [2.45, 2.75) is 13.5 Å². The molecule has 0 amide bonds. The van der Waals surface area contributed by atoms with Gasteiger partial charge in [0.1, 0.15) is 0 Å². The molecule has 102 valence electrons. The molecule has 0 unspecified atom stereocenters. The fourth-order valence-electron chi connectivity index (χ4n) is 1.54. The molecule has 2 aromatic rings. The van der Waals surface area contributed by atoms with Gasteiger partial charge in [-0.3, -0.25) is 0 Å². The summed E-state index contributed by atoms with van der Waals surface area (Å²) in [6.45, 7) is 2.75. The Morgan fingerprint density at radius 3 is 2.95 bits per heavy atom. The highest BCUT2D eigenvalue weighted by Gasteiger charge is 2.05. The van der Waals surface area contributed by atoms with Gasteiger partial charge in [-0.25, -0.2) is 0 Å². The lowest BCUT2D eigenvalue weighted by atomic mass is 10.1. The number of aromatic nitrogens is 3. The van der Waals surface area contributed by atoms with Gasteiger partial charge in [0.2, 0.25) is 11.2 Å².